The highest BCUT2D eigenvalue weighted by molar-refractivity contribution is 6.01. The number of hydrogen-bond acceptors (Lipinski definition) is 4. The second-order valence-electron chi connectivity index (χ2n) is 7.44. The lowest BCUT2D eigenvalue weighted by molar-refractivity contribution is -0.118. The zero-order chi connectivity index (χ0) is 23.0. The Bertz CT molecular complexity index is 1230. The van der Waals surface area contributed by atoms with Crippen molar-refractivity contribution in [2.75, 3.05) is 5.32 Å². The van der Waals surface area contributed by atoms with Gasteiger partial charge in [0.25, 0.3) is 11.8 Å². The quantitative estimate of drug-likeness (QED) is 0.412. The summed E-state index contributed by atoms with van der Waals surface area (Å²) in [6.45, 7) is 1.90. The molecule has 0 saturated carbocycles. The van der Waals surface area contributed by atoms with Crippen LogP contribution in [0.5, 0.6) is 11.5 Å². The summed E-state index contributed by atoms with van der Waals surface area (Å²) >= 11 is 0. The van der Waals surface area contributed by atoms with Gasteiger partial charge in [0.2, 0.25) is 0 Å². The molecule has 2 amide bonds. The third-order valence-electron chi connectivity index (χ3n) is 5.01. The van der Waals surface area contributed by atoms with Crippen molar-refractivity contribution in [3.63, 3.8) is 0 Å². The third-order valence-corrected chi connectivity index (χ3v) is 5.01. The fraction of sp³-hybridized carbons (Fsp3) is 0.0741. The Morgan fingerprint density at radius 2 is 1.61 bits per heavy atom. The number of aryl methyl sites for hydroxylation is 1. The smallest absolute Gasteiger partial charge is 0.252 e. The Morgan fingerprint density at radius 1 is 0.879 bits per heavy atom. The van der Waals surface area contributed by atoms with Gasteiger partial charge in [-0.1, -0.05) is 48.5 Å². The van der Waals surface area contributed by atoms with Gasteiger partial charge in [0.05, 0.1) is 6.20 Å². The number of nitrogens with one attached hydrogen (secondary N) is 2. The molecule has 0 aliphatic rings. The maximum atomic E-state index is 13.2. The van der Waals surface area contributed by atoms with Crippen LogP contribution < -0.4 is 15.4 Å². The van der Waals surface area contributed by atoms with Crippen LogP contribution in [0.1, 0.15) is 27.5 Å². The van der Waals surface area contributed by atoms with E-state index in [2.05, 4.69) is 15.6 Å². The number of benzene rings is 3. The van der Waals surface area contributed by atoms with Crippen molar-refractivity contribution in [1.29, 1.82) is 0 Å². The highest BCUT2D eigenvalue weighted by Crippen LogP contribution is 2.27. The molecule has 0 bridgehead atoms. The fourth-order valence-electron chi connectivity index (χ4n) is 3.34. The first-order chi connectivity index (χ1) is 16.1. The fourth-order valence-corrected chi connectivity index (χ4v) is 3.34. The number of ether oxygens (including phenoxy) is 1. The second kappa shape index (κ2) is 10.2. The van der Waals surface area contributed by atoms with Gasteiger partial charge in [-0.2, -0.15) is 0 Å². The number of carbonyl (C=O) groups excluding carboxylic acids is 2. The van der Waals surface area contributed by atoms with Gasteiger partial charge in [-0.25, -0.2) is 0 Å². The first-order valence-electron chi connectivity index (χ1n) is 10.5. The molecule has 1 unspecified atom stereocenters. The molecular weight excluding hydrogens is 414 g/mol. The second-order valence-corrected chi connectivity index (χ2v) is 7.44. The molecule has 6 nitrogen and oxygen atoms in total. The van der Waals surface area contributed by atoms with Gasteiger partial charge in [-0.05, 0) is 60.5 Å². The van der Waals surface area contributed by atoms with Gasteiger partial charge < -0.3 is 15.4 Å². The zero-order valence-corrected chi connectivity index (χ0v) is 18.1. The van der Waals surface area contributed by atoms with Crippen LogP contribution in [-0.4, -0.2) is 16.8 Å². The molecule has 1 aromatic heterocycles. The van der Waals surface area contributed by atoms with Crippen molar-refractivity contribution in [3.05, 3.63) is 120 Å². The molecule has 2 N–H and O–H groups in total. The molecule has 0 aliphatic carbocycles. The minimum absolute atomic E-state index is 0.323. The Hall–Kier alpha value is -4.45. The number of carbonyl (C=O) groups is 2. The maximum absolute atomic E-state index is 13.2. The van der Waals surface area contributed by atoms with Crippen molar-refractivity contribution in [3.8, 4) is 11.5 Å². The van der Waals surface area contributed by atoms with Crippen LogP contribution in [0.15, 0.2) is 103 Å². The molecule has 0 saturated heterocycles. The van der Waals surface area contributed by atoms with Gasteiger partial charge in [0.1, 0.15) is 17.5 Å². The third kappa shape index (κ3) is 5.62. The minimum atomic E-state index is -0.856. The summed E-state index contributed by atoms with van der Waals surface area (Å²) < 4.78 is 5.86. The van der Waals surface area contributed by atoms with E-state index in [9.17, 15) is 9.59 Å². The molecule has 0 aliphatic heterocycles. The number of rotatable bonds is 7. The molecule has 164 valence electrons. The monoisotopic (exact) mass is 437 g/mol. The summed E-state index contributed by atoms with van der Waals surface area (Å²) in [6, 6.07) is 26.1. The van der Waals surface area contributed by atoms with Crippen LogP contribution >= 0.6 is 0 Å². The van der Waals surface area contributed by atoms with Crippen molar-refractivity contribution in [2.45, 2.75) is 13.0 Å². The van der Waals surface area contributed by atoms with Crippen molar-refractivity contribution < 1.29 is 14.3 Å². The van der Waals surface area contributed by atoms with Crippen LogP contribution in [0.25, 0.3) is 0 Å². The number of amides is 2. The predicted octanol–water partition coefficient (Wildman–Crippen LogP) is 5.29. The molecule has 0 fully saturated rings. The lowest BCUT2D eigenvalue weighted by Gasteiger charge is -2.19. The largest absolute Gasteiger partial charge is 0.455 e. The van der Waals surface area contributed by atoms with E-state index in [-0.39, 0.29) is 11.8 Å². The molecule has 4 rings (SSSR count). The van der Waals surface area contributed by atoms with E-state index < -0.39 is 6.04 Å². The average Bonchev–Trinajstić information content (AvgIpc) is 2.85. The van der Waals surface area contributed by atoms with E-state index >= 15 is 0 Å². The van der Waals surface area contributed by atoms with Gasteiger partial charge in [-0.3, -0.25) is 14.6 Å². The van der Waals surface area contributed by atoms with E-state index in [1.807, 2.05) is 55.5 Å². The molecule has 4 aromatic rings. The minimum Gasteiger partial charge on any atom is -0.455 e. The summed E-state index contributed by atoms with van der Waals surface area (Å²) in [6.07, 6.45) is 3.31. The van der Waals surface area contributed by atoms with Gasteiger partial charge in [-0.15, -0.1) is 0 Å². The summed E-state index contributed by atoms with van der Waals surface area (Å²) in [7, 11) is 0. The van der Waals surface area contributed by atoms with Crippen LogP contribution in [-0.2, 0) is 4.79 Å². The molecule has 0 radical (unpaired) electrons. The first kappa shape index (κ1) is 21.8. The van der Waals surface area contributed by atoms with Gasteiger partial charge >= 0.3 is 0 Å². The predicted molar refractivity (Wildman–Crippen MR) is 127 cm³/mol. The van der Waals surface area contributed by atoms with Crippen molar-refractivity contribution in [1.82, 2.24) is 10.3 Å². The van der Waals surface area contributed by atoms with E-state index in [0.29, 0.717) is 28.3 Å². The number of nitrogens with zero attached hydrogens (tertiary/aromatic N) is 1. The molecule has 33 heavy (non-hydrogen) atoms. The van der Waals surface area contributed by atoms with Gasteiger partial charge in [0.15, 0.2) is 0 Å². The average molecular weight is 437 g/mol. The van der Waals surface area contributed by atoms with Crippen LogP contribution in [0.3, 0.4) is 0 Å². The summed E-state index contributed by atoms with van der Waals surface area (Å²) in [5.41, 5.74) is 2.62. The lowest BCUT2D eigenvalue weighted by atomic mass is 10.0. The Balaban J connectivity index is 1.52. The Labute approximate surface area is 192 Å². The van der Waals surface area contributed by atoms with E-state index in [4.69, 9.17) is 4.74 Å². The summed E-state index contributed by atoms with van der Waals surface area (Å²) in [4.78, 5) is 30.0. The molecule has 1 heterocycles. The molecule has 3 aromatic carbocycles. The lowest BCUT2D eigenvalue weighted by Crippen LogP contribution is -2.37. The molecule has 6 heteroatoms. The summed E-state index contributed by atoms with van der Waals surface area (Å²) in [5, 5.41) is 5.75. The van der Waals surface area contributed by atoms with Crippen LogP contribution in [0, 0.1) is 6.92 Å². The Kier molecular flexibility index (Phi) is 6.75. The topological polar surface area (TPSA) is 80.3 Å². The SMILES string of the molecule is Cc1cc(NC(=O)C(NC(=O)c2ccccc2)c2ccccc2)ccc1Oc1cccnc1. The first-order valence-corrected chi connectivity index (χ1v) is 10.5. The molecule has 1 atom stereocenters. The summed E-state index contributed by atoms with van der Waals surface area (Å²) in [5.74, 6) is 0.630. The van der Waals surface area contributed by atoms with Crippen LogP contribution in [0.4, 0.5) is 5.69 Å². The highest BCUT2D eigenvalue weighted by Gasteiger charge is 2.23. The Morgan fingerprint density at radius 3 is 2.27 bits per heavy atom. The standard InChI is InChI=1S/C27H23N3O3/c1-19-17-22(14-15-24(19)33-23-13-8-16-28-18-23)29-27(32)25(20-9-4-2-5-10-20)30-26(31)21-11-6-3-7-12-21/h2-18,25H,1H3,(H,29,32)(H,30,31). The normalized spacial score (nSPS) is 11.3. The number of pyridine rings is 1. The zero-order valence-electron chi connectivity index (χ0n) is 18.1. The number of aromatic nitrogens is 1. The molecule has 0 spiro atoms. The van der Waals surface area contributed by atoms with Crippen LogP contribution in [0.2, 0.25) is 0 Å². The van der Waals surface area contributed by atoms with E-state index in [1.165, 1.54) is 0 Å². The van der Waals surface area contributed by atoms with Crippen molar-refractivity contribution >= 4 is 17.5 Å². The van der Waals surface area contributed by atoms with Gasteiger partial charge in [0, 0.05) is 17.4 Å². The number of anilines is 1. The van der Waals surface area contributed by atoms with E-state index in [1.54, 1.807) is 54.9 Å². The highest BCUT2D eigenvalue weighted by atomic mass is 16.5. The maximum Gasteiger partial charge on any atom is 0.252 e. The number of hydrogen-bond donors (Lipinski definition) is 2. The van der Waals surface area contributed by atoms with Crippen molar-refractivity contribution in [2.24, 2.45) is 0 Å². The van der Waals surface area contributed by atoms with E-state index in [0.717, 1.165) is 5.56 Å². The molecular formula is C27H23N3O3.